The van der Waals surface area contributed by atoms with Gasteiger partial charge in [-0.25, -0.2) is 5.43 Å². The molecule has 12 heteroatoms. The number of amides is 1. The van der Waals surface area contributed by atoms with Gasteiger partial charge in [-0.15, -0.1) is 0 Å². The van der Waals surface area contributed by atoms with Gasteiger partial charge in [0.1, 0.15) is 0 Å². The molecule has 1 amide bonds. The van der Waals surface area contributed by atoms with Gasteiger partial charge in [-0.2, -0.15) is 13.2 Å². The molecule has 4 aliphatic rings. The predicted octanol–water partition coefficient (Wildman–Crippen LogP) is 1.14. The molecule has 0 bridgehead atoms. The highest BCUT2D eigenvalue weighted by molar-refractivity contribution is 5.98. The van der Waals surface area contributed by atoms with Crippen molar-refractivity contribution in [2.75, 3.05) is 39.4 Å². The molecule has 4 fully saturated rings. The third-order valence-corrected chi connectivity index (χ3v) is 7.61. The Hall–Kier alpha value is -1.47. The van der Waals surface area contributed by atoms with Gasteiger partial charge in [0.25, 0.3) is 0 Å². The van der Waals surface area contributed by atoms with Crippen LogP contribution in [-0.2, 0) is 9.53 Å². The molecule has 0 aromatic heterocycles. The highest BCUT2D eigenvalue weighted by Gasteiger charge is 2.48. The molecule has 1 saturated carbocycles. The Morgan fingerprint density at radius 2 is 1.91 bits per heavy atom. The second-order valence-electron chi connectivity index (χ2n) is 10.7. The number of nitrogens with one attached hydrogen (secondary N) is 5. The Labute approximate surface area is 205 Å². The molecule has 9 nitrogen and oxygen atoms in total. The summed E-state index contributed by atoms with van der Waals surface area (Å²) < 4.78 is 45.0. The topological polar surface area (TPSA) is 102 Å². The number of piperidine rings is 1. The van der Waals surface area contributed by atoms with Gasteiger partial charge in [-0.1, -0.05) is 13.8 Å². The molecule has 0 aromatic rings. The molecule has 6 unspecified atom stereocenters. The summed E-state index contributed by atoms with van der Waals surface area (Å²) in [4.78, 5) is 20.0. The lowest BCUT2D eigenvalue weighted by atomic mass is 9.78. The van der Waals surface area contributed by atoms with E-state index >= 15 is 0 Å². The second kappa shape index (κ2) is 11.7. The van der Waals surface area contributed by atoms with Crippen LogP contribution in [0.5, 0.6) is 0 Å². The minimum atomic E-state index is -4.16. The largest absolute Gasteiger partial charge is 0.391 e. The van der Waals surface area contributed by atoms with Crippen molar-refractivity contribution in [1.82, 2.24) is 31.7 Å². The van der Waals surface area contributed by atoms with E-state index < -0.39 is 12.1 Å². The fourth-order valence-electron chi connectivity index (χ4n) is 5.53. The van der Waals surface area contributed by atoms with Crippen molar-refractivity contribution in [2.45, 2.75) is 70.5 Å². The number of guanidine groups is 1. The molecule has 6 atom stereocenters. The number of carbonyl (C=O) groups is 1. The molecule has 4 rings (SSSR count). The number of fused-ring (bicyclic) bond motifs is 1. The molecular formula is C23H40F3N7O2. The van der Waals surface area contributed by atoms with Gasteiger partial charge in [0.2, 0.25) is 5.91 Å². The average molecular weight is 504 g/mol. The number of ether oxygens (including phenoxy) is 1. The highest BCUT2D eigenvalue weighted by Crippen LogP contribution is 2.41. The molecule has 0 spiro atoms. The summed E-state index contributed by atoms with van der Waals surface area (Å²) in [6.07, 6.45) is -1.88. The van der Waals surface area contributed by atoms with E-state index in [1.54, 1.807) is 0 Å². The van der Waals surface area contributed by atoms with Gasteiger partial charge < -0.3 is 15.4 Å². The van der Waals surface area contributed by atoms with Crippen LogP contribution in [0.25, 0.3) is 0 Å². The number of halogens is 3. The minimum absolute atomic E-state index is 0.0135. The number of hydrazine groups is 1. The number of hydrogen-bond acceptors (Lipinski definition) is 7. The maximum atomic E-state index is 13.2. The molecule has 0 radical (unpaired) electrons. The molecule has 3 aliphatic heterocycles. The van der Waals surface area contributed by atoms with Gasteiger partial charge >= 0.3 is 6.18 Å². The summed E-state index contributed by atoms with van der Waals surface area (Å²) in [5, 5.41) is 9.75. The van der Waals surface area contributed by atoms with Crippen molar-refractivity contribution in [3.05, 3.63) is 0 Å². The number of aliphatic imine (C=N–C) groups is 1. The zero-order chi connectivity index (χ0) is 25.0. The number of hydrogen-bond donors (Lipinski definition) is 5. The van der Waals surface area contributed by atoms with Crippen molar-refractivity contribution in [3.63, 3.8) is 0 Å². The van der Waals surface area contributed by atoms with Crippen molar-refractivity contribution < 1.29 is 22.7 Å². The highest BCUT2D eigenvalue weighted by atomic mass is 19.4. The molecule has 35 heavy (non-hydrogen) atoms. The fraction of sp³-hybridized carbons (Fsp3) is 0.913. The van der Waals surface area contributed by atoms with Crippen molar-refractivity contribution in [1.29, 1.82) is 0 Å². The smallest absolute Gasteiger partial charge is 0.379 e. The average Bonchev–Trinajstić information content (AvgIpc) is 3.24. The summed E-state index contributed by atoms with van der Waals surface area (Å²) >= 11 is 0. The molecule has 1 aliphatic carbocycles. The van der Waals surface area contributed by atoms with E-state index in [9.17, 15) is 18.0 Å². The minimum Gasteiger partial charge on any atom is -0.379 e. The van der Waals surface area contributed by atoms with Gasteiger partial charge in [0, 0.05) is 38.1 Å². The second-order valence-corrected chi connectivity index (χ2v) is 10.7. The first-order valence-electron chi connectivity index (χ1n) is 13.0. The van der Waals surface area contributed by atoms with Crippen LogP contribution in [0.2, 0.25) is 0 Å². The lowest BCUT2D eigenvalue weighted by Crippen LogP contribution is -2.57. The summed E-state index contributed by atoms with van der Waals surface area (Å²) in [5.41, 5.74) is 6.12. The molecule has 200 valence electrons. The SMILES string of the molecule is CC(C)CN=C(NC(=O)C1CCC(N2CCOCC2)NC1)NC1NNC2CC(C(F)(F)F)CCC21. The zero-order valence-electron chi connectivity index (χ0n) is 20.7. The van der Waals surface area contributed by atoms with E-state index in [2.05, 4.69) is 36.7 Å². The van der Waals surface area contributed by atoms with E-state index in [1.807, 2.05) is 13.8 Å². The lowest BCUT2D eigenvalue weighted by molar-refractivity contribution is -0.185. The Morgan fingerprint density at radius 1 is 1.14 bits per heavy atom. The number of alkyl halides is 3. The van der Waals surface area contributed by atoms with Crippen LogP contribution in [-0.4, -0.2) is 80.7 Å². The zero-order valence-corrected chi connectivity index (χ0v) is 20.7. The van der Waals surface area contributed by atoms with E-state index in [4.69, 9.17) is 4.74 Å². The van der Waals surface area contributed by atoms with Crippen molar-refractivity contribution in [2.24, 2.45) is 28.7 Å². The maximum Gasteiger partial charge on any atom is 0.391 e. The van der Waals surface area contributed by atoms with E-state index in [0.29, 0.717) is 31.4 Å². The summed E-state index contributed by atoms with van der Waals surface area (Å²) in [6, 6.07) is -0.269. The fourth-order valence-corrected chi connectivity index (χ4v) is 5.53. The predicted molar refractivity (Wildman–Crippen MR) is 126 cm³/mol. The number of rotatable bonds is 5. The quantitative estimate of drug-likeness (QED) is 0.283. The summed E-state index contributed by atoms with van der Waals surface area (Å²) in [6.45, 7) is 8.51. The van der Waals surface area contributed by atoms with E-state index in [1.165, 1.54) is 0 Å². The molecule has 5 N–H and O–H groups in total. The van der Waals surface area contributed by atoms with Crippen molar-refractivity contribution in [3.8, 4) is 0 Å². The molecule has 3 saturated heterocycles. The molecule has 0 aromatic carbocycles. The molecule has 3 heterocycles. The normalized spacial score (nSPS) is 35.1. The summed E-state index contributed by atoms with van der Waals surface area (Å²) in [7, 11) is 0. The van der Waals surface area contributed by atoms with Gasteiger partial charge in [0.05, 0.1) is 37.4 Å². The van der Waals surface area contributed by atoms with Gasteiger partial charge in [-0.3, -0.25) is 25.4 Å². The Kier molecular flexibility index (Phi) is 8.90. The maximum absolute atomic E-state index is 13.2. The Morgan fingerprint density at radius 3 is 2.57 bits per heavy atom. The van der Waals surface area contributed by atoms with Gasteiger partial charge in [0.15, 0.2) is 5.96 Å². The van der Waals surface area contributed by atoms with Gasteiger partial charge in [-0.05, 0) is 38.0 Å². The third-order valence-electron chi connectivity index (χ3n) is 7.61. The lowest BCUT2D eigenvalue weighted by Gasteiger charge is -2.39. The van der Waals surface area contributed by atoms with Crippen molar-refractivity contribution >= 4 is 11.9 Å². The number of carbonyl (C=O) groups excluding carboxylic acids is 1. The van der Waals surface area contributed by atoms with Crippen LogP contribution < -0.4 is 26.8 Å². The van der Waals surface area contributed by atoms with Crippen LogP contribution >= 0.6 is 0 Å². The summed E-state index contributed by atoms with van der Waals surface area (Å²) in [5.74, 6) is -0.846. The number of nitrogens with zero attached hydrogens (tertiary/aromatic N) is 2. The van der Waals surface area contributed by atoms with Crippen LogP contribution in [0.3, 0.4) is 0 Å². The first kappa shape index (κ1) is 26.6. The monoisotopic (exact) mass is 503 g/mol. The Balaban J connectivity index is 1.31. The van der Waals surface area contributed by atoms with Crippen LogP contribution in [0.15, 0.2) is 4.99 Å². The first-order chi connectivity index (χ1) is 16.7. The standard InChI is InChI=1S/C23H40F3N7O2/c1-14(2)12-28-22(29-20-17-5-4-16(23(24,25)26)11-18(17)31-32-20)30-21(34)15-3-6-19(27-13-15)33-7-9-35-10-8-33/h14-20,27,31-32H,3-13H2,1-2H3,(H2,28,29,30,34). The van der Waals surface area contributed by atoms with E-state index in [0.717, 1.165) is 39.1 Å². The van der Waals surface area contributed by atoms with Crippen LogP contribution in [0.4, 0.5) is 13.2 Å². The number of morpholine rings is 1. The Bertz CT molecular complexity index is 737. The molecular weight excluding hydrogens is 463 g/mol. The van der Waals surface area contributed by atoms with Crippen LogP contribution in [0.1, 0.15) is 46.0 Å². The van der Waals surface area contributed by atoms with Crippen LogP contribution in [0, 0.1) is 23.7 Å². The van der Waals surface area contributed by atoms with E-state index in [-0.39, 0.29) is 49.0 Å². The third kappa shape index (κ3) is 7.06. The first-order valence-corrected chi connectivity index (χ1v) is 13.0.